The fourth-order valence-electron chi connectivity index (χ4n) is 5.01. The SMILES string of the molecule is Cc1cc(C)c(NN=C(CC2c3ccccc3-c3ccccc32)c2ccccc2)c(C)c1. The standard InChI is InChI=1S/C30H28N2/c1-20-17-21(2)30(22(3)18-20)32-31-29(23-11-5-4-6-12-23)19-28-26-15-9-7-13-24(26)25-14-8-10-16-27(25)28/h4-18,28,32H,19H2,1-3H3. The molecule has 158 valence electrons. The van der Waals surface area contributed by atoms with Crippen LogP contribution in [0.1, 0.15) is 45.7 Å². The van der Waals surface area contributed by atoms with Gasteiger partial charge in [0.05, 0.1) is 11.4 Å². The summed E-state index contributed by atoms with van der Waals surface area (Å²) in [4.78, 5) is 0. The van der Waals surface area contributed by atoms with Gasteiger partial charge >= 0.3 is 0 Å². The van der Waals surface area contributed by atoms with Crippen LogP contribution in [0.5, 0.6) is 0 Å². The maximum atomic E-state index is 4.99. The van der Waals surface area contributed by atoms with Gasteiger partial charge in [-0.1, -0.05) is 96.6 Å². The number of hydrogen-bond acceptors (Lipinski definition) is 2. The van der Waals surface area contributed by atoms with Gasteiger partial charge in [0.2, 0.25) is 0 Å². The van der Waals surface area contributed by atoms with Crippen LogP contribution in [0, 0.1) is 20.8 Å². The highest BCUT2D eigenvalue weighted by Gasteiger charge is 2.29. The largest absolute Gasteiger partial charge is 0.278 e. The van der Waals surface area contributed by atoms with Gasteiger partial charge < -0.3 is 0 Å². The molecule has 0 bridgehead atoms. The molecule has 4 aromatic rings. The van der Waals surface area contributed by atoms with Gasteiger partial charge in [-0.2, -0.15) is 5.10 Å². The molecule has 0 unspecified atom stereocenters. The highest BCUT2D eigenvalue weighted by Crippen LogP contribution is 2.46. The van der Waals surface area contributed by atoms with Crippen molar-refractivity contribution in [3.05, 3.63) is 124 Å². The van der Waals surface area contributed by atoms with Gasteiger partial charge in [-0.05, 0) is 59.7 Å². The second kappa shape index (κ2) is 8.47. The van der Waals surface area contributed by atoms with E-state index >= 15 is 0 Å². The van der Waals surface area contributed by atoms with Crippen LogP contribution in [-0.4, -0.2) is 5.71 Å². The van der Waals surface area contributed by atoms with Crippen molar-refractivity contribution in [1.82, 2.24) is 0 Å². The molecule has 1 aliphatic carbocycles. The first-order chi connectivity index (χ1) is 15.6. The van der Waals surface area contributed by atoms with Crippen molar-refractivity contribution >= 4 is 11.4 Å². The molecule has 0 spiro atoms. The maximum absolute atomic E-state index is 4.99. The third-order valence-electron chi connectivity index (χ3n) is 6.45. The third-order valence-corrected chi connectivity index (χ3v) is 6.45. The number of nitrogens with zero attached hydrogens (tertiary/aromatic N) is 1. The Balaban J connectivity index is 1.56. The summed E-state index contributed by atoms with van der Waals surface area (Å²) >= 11 is 0. The minimum Gasteiger partial charge on any atom is -0.278 e. The first-order valence-corrected chi connectivity index (χ1v) is 11.3. The lowest BCUT2D eigenvalue weighted by molar-refractivity contribution is 0.880. The summed E-state index contributed by atoms with van der Waals surface area (Å²) in [6.07, 6.45) is 0.842. The molecule has 0 heterocycles. The number of hydrogen-bond donors (Lipinski definition) is 1. The highest BCUT2D eigenvalue weighted by molar-refractivity contribution is 6.02. The molecule has 0 aromatic heterocycles. The van der Waals surface area contributed by atoms with E-state index < -0.39 is 0 Å². The Labute approximate surface area is 190 Å². The predicted molar refractivity (Wildman–Crippen MR) is 136 cm³/mol. The van der Waals surface area contributed by atoms with Crippen molar-refractivity contribution in [2.24, 2.45) is 5.10 Å². The lowest BCUT2D eigenvalue weighted by atomic mass is 9.89. The van der Waals surface area contributed by atoms with Crippen LogP contribution in [0.25, 0.3) is 11.1 Å². The number of benzene rings is 4. The summed E-state index contributed by atoms with van der Waals surface area (Å²) in [6, 6.07) is 32.5. The van der Waals surface area contributed by atoms with E-state index in [2.05, 4.69) is 117 Å². The van der Waals surface area contributed by atoms with Gasteiger partial charge in [0.1, 0.15) is 0 Å². The highest BCUT2D eigenvalue weighted by atomic mass is 15.3. The van der Waals surface area contributed by atoms with Gasteiger partial charge in [0.25, 0.3) is 0 Å². The second-order valence-corrected chi connectivity index (χ2v) is 8.74. The van der Waals surface area contributed by atoms with Crippen molar-refractivity contribution in [2.75, 3.05) is 5.43 Å². The topological polar surface area (TPSA) is 24.4 Å². The smallest absolute Gasteiger partial charge is 0.0688 e. The fourth-order valence-corrected chi connectivity index (χ4v) is 5.01. The van der Waals surface area contributed by atoms with E-state index in [0.29, 0.717) is 5.92 Å². The second-order valence-electron chi connectivity index (χ2n) is 8.74. The Bertz CT molecular complexity index is 1230. The van der Waals surface area contributed by atoms with E-state index in [9.17, 15) is 0 Å². The van der Waals surface area contributed by atoms with Crippen molar-refractivity contribution in [3.63, 3.8) is 0 Å². The third kappa shape index (κ3) is 3.73. The average Bonchev–Trinajstić information content (AvgIpc) is 3.12. The molecule has 0 radical (unpaired) electrons. The van der Waals surface area contributed by atoms with Crippen LogP contribution in [-0.2, 0) is 0 Å². The molecule has 32 heavy (non-hydrogen) atoms. The summed E-state index contributed by atoms with van der Waals surface area (Å²) < 4.78 is 0. The summed E-state index contributed by atoms with van der Waals surface area (Å²) in [7, 11) is 0. The Morgan fingerprint density at radius 3 is 1.84 bits per heavy atom. The molecule has 1 N–H and O–H groups in total. The van der Waals surface area contributed by atoms with Crippen LogP contribution in [0.2, 0.25) is 0 Å². The molecule has 2 nitrogen and oxygen atoms in total. The van der Waals surface area contributed by atoms with E-state index in [1.807, 2.05) is 0 Å². The number of nitrogens with one attached hydrogen (secondary N) is 1. The van der Waals surface area contributed by atoms with Crippen LogP contribution < -0.4 is 5.43 Å². The van der Waals surface area contributed by atoms with Crippen molar-refractivity contribution in [3.8, 4) is 11.1 Å². The summed E-state index contributed by atoms with van der Waals surface area (Å²) in [5.74, 6) is 0.295. The Morgan fingerprint density at radius 2 is 1.25 bits per heavy atom. The zero-order valence-corrected chi connectivity index (χ0v) is 18.9. The average molecular weight is 417 g/mol. The van der Waals surface area contributed by atoms with Crippen molar-refractivity contribution in [2.45, 2.75) is 33.1 Å². The molecular weight excluding hydrogens is 388 g/mol. The van der Waals surface area contributed by atoms with Gasteiger partial charge in [0, 0.05) is 12.3 Å². The number of anilines is 1. The molecule has 0 aliphatic heterocycles. The first kappa shape index (κ1) is 20.3. The van der Waals surface area contributed by atoms with Gasteiger partial charge in [-0.15, -0.1) is 0 Å². The molecule has 0 amide bonds. The van der Waals surface area contributed by atoms with Crippen LogP contribution in [0.4, 0.5) is 5.69 Å². The van der Waals surface area contributed by atoms with E-state index in [1.165, 1.54) is 38.9 Å². The summed E-state index contributed by atoms with van der Waals surface area (Å²) in [6.45, 7) is 6.42. The monoisotopic (exact) mass is 416 g/mol. The van der Waals surface area contributed by atoms with Gasteiger partial charge in [0.15, 0.2) is 0 Å². The zero-order valence-electron chi connectivity index (χ0n) is 18.9. The van der Waals surface area contributed by atoms with Crippen molar-refractivity contribution in [1.29, 1.82) is 0 Å². The molecule has 4 aromatic carbocycles. The normalized spacial score (nSPS) is 13.0. The number of rotatable bonds is 5. The molecule has 0 atom stereocenters. The quantitative estimate of drug-likeness (QED) is 0.262. The van der Waals surface area contributed by atoms with Crippen LogP contribution >= 0.6 is 0 Å². The zero-order chi connectivity index (χ0) is 22.1. The maximum Gasteiger partial charge on any atom is 0.0688 e. The molecule has 5 rings (SSSR count). The number of fused-ring (bicyclic) bond motifs is 3. The van der Waals surface area contributed by atoms with Crippen molar-refractivity contribution < 1.29 is 0 Å². The molecule has 0 saturated heterocycles. The van der Waals surface area contributed by atoms with Crippen LogP contribution in [0.15, 0.2) is 96.1 Å². The van der Waals surface area contributed by atoms with Gasteiger partial charge in [-0.3, -0.25) is 5.43 Å². The lowest BCUT2D eigenvalue weighted by Crippen LogP contribution is -2.11. The first-order valence-electron chi connectivity index (χ1n) is 11.3. The number of aryl methyl sites for hydroxylation is 3. The predicted octanol–water partition coefficient (Wildman–Crippen LogP) is 7.63. The fraction of sp³-hybridized carbons (Fsp3) is 0.167. The Hall–Kier alpha value is -3.65. The van der Waals surface area contributed by atoms with Gasteiger partial charge in [-0.25, -0.2) is 0 Å². The van der Waals surface area contributed by atoms with Crippen LogP contribution in [0.3, 0.4) is 0 Å². The minimum absolute atomic E-state index is 0.295. The lowest BCUT2D eigenvalue weighted by Gasteiger charge is -2.17. The minimum atomic E-state index is 0.295. The number of hydrazone groups is 1. The molecule has 1 aliphatic rings. The molecule has 0 fully saturated rings. The Morgan fingerprint density at radius 1 is 0.719 bits per heavy atom. The summed E-state index contributed by atoms with van der Waals surface area (Å²) in [5, 5.41) is 4.99. The van der Waals surface area contributed by atoms with E-state index in [-0.39, 0.29) is 0 Å². The van der Waals surface area contributed by atoms with E-state index in [0.717, 1.165) is 23.4 Å². The summed E-state index contributed by atoms with van der Waals surface area (Å²) in [5.41, 5.74) is 15.9. The molecule has 2 heteroatoms. The molecular formula is C30H28N2. The molecule has 0 saturated carbocycles. The Kier molecular flexibility index (Phi) is 5.36. The van der Waals surface area contributed by atoms with E-state index in [4.69, 9.17) is 5.10 Å². The van der Waals surface area contributed by atoms with E-state index in [1.54, 1.807) is 0 Å².